The number of rotatable bonds is 10. The van der Waals surface area contributed by atoms with Crippen LogP contribution < -0.4 is 19.5 Å². The van der Waals surface area contributed by atoms with Gasteiger partial charge in [0.25, 0.3) is 5.91 Å². The zero-order valence-electron chi connectivity index (χ0n) is 18.8. The van der Waals surface area contributed by atoms with Crippen LogP contribution in [-0.2, 0) is 13.0 Å². The standard InChI is InChI=1S/C26H27N3O4/c1-31-23-13-12-19(18-24(23)32-2)26(30)27-15-14-25-28-21-10-6-7-11-22(21)29(25)16-17-33-20-8-4-3-5-9-20/h3-13,18H,14-17H2,1-2H3,(H,27,30). The molecule has 0 unspecified atom stereocenters. The van der Waals surface area contributed by atoms with Gasteiger partial charge < -0.3 is 24.1 Å². The summed E-state index contributed by atoms with van der Waals surface area (Å²) in [4.78, 5) is 17.4. The Morgan fingerprint density at radius 1 is 0.939 bits per heavy atom. The Bertz CT molecular complexity index is 1220. The van der Waals surface area contributed by atoms with Gasteiger partial charge in [-0.3, -0.25) is 4.79 Å². The van der Waals surface area contributed by atoms with Crippen molar-refractivity contribution in [3.05, 3.63) is 84.2 Å². The van der Waals surface area contributed by atoms with Crippen LogP contribution in [0.15, 0.2) is 72.8 Å². The van der Waals surface area contributed by atoms with Crippen LogP contribution in [0.5, 0.6) is 17.2 Å². The summed E-state index contributed by atoms with van der Waals surface area (Å²) in [7, 11) is 3.11. The van der Waals surface area contributed by atoms with E-state index in [1.54, 1.807) is 32.4 Å². The number of nitrogens with one attached hydrogen (secondary N) is 1. The molecule has 0 spiro atoms. The maximum absolute atomic E-state index is 12.6. The molecule has 0 saturated carbocycles. The predicted molar refractivity (Wildman–Crippen MR) is 127 cm³/mol. The number of nitrogens with zero attached hydrogens (tertiary/aromatic N) is 2. The molecule has 0 aliphatic rings. The van der Waals surface area contributed by atoms with Gasteiger partial charge in [0, 0.05) is 18.5 Å². The maximum atomic E-state index is 12.6. The zero-order chi connectivity index (χ0) is 23.0. The van der Waals surface area contributed by atoms with Crippen molar-refractivity contribution in [2.45, 2.75) is 13.0 Å². The second-order valence-electron chi connectivity index (χ2n) is 7.41. The lowest BCUT2D eigenvalue weighted by Crippen LogP contribution is -2.26. The Labute approximate surface area is 192 Å². The van der Waals surface area contributed by atoms with Gasteiger partial charge >= 0.3 is 0 Å². The summed E-state index contributed by atoms with van der Waals surface area (Å²) in [6.07, 6.45) is 0.596. The molecule has 4 rings (SSSR count). The van der Waals surface area contributed by atoms with Crippen molar-refractivity contribution in [3.8, 4) is 17.2 Å². The van der Waals surface area contributed by atoms with E-state index in [0.717, 1.165) is 22.6 Å². The third-order valence-electron chi connectivity index (χ3n) is 5.34. The van der Waals surface area contributed by atoms with Gasteiger partial charge in [0.2, 0.25) is 0 Å². The van der Waals surface area contributed by atoms with E-state index in [4.69, 9.17) is 19.2 Å². The highest BCUT2D eigenvalue weighted by molar-refractivity contribution is 5.94. The fourth-order valence-electron chi connectivity index (χ4n) is 3.70. The minimum atomic E-state index is -0.175. The summed E-state index contributed by atoms with van der Waals surface area (Å²) in [6.45, 7) is 1.64. The minimum Gasteiger partial charge on any atom is -0.493 e. The molecule has 0 saturated heterocycles. The Morgan fingerprint density at radius 3 is 2.48 bits per heavy atom. The first-order chi connectivity index (χ1) is 16.2. The molecule has 0 aliphatic heterocycles. The summed E-state index contributed by atoms with van der Waals surface area (Å²) < 4.78 is 18.6. The van der Waals surface area contributed by atoms with E-state index < -0.39 is 0 Å². The molecule has 1 N–H and O–H groups in total. The van der Waals surface area contributed by atoms with Gasteiger partial charge in [-0.15, -0.1) is 0 Å². The largest absolute Gasteiger partial charge is 0.493 e. The second-order valence-corrected chi connectivity index (χ2v) is 7.41. The number of aromatic nitrogens is 2. The SMILES string of the molecule is COc1ccc(C(=O)NCCc2nc3ccccc3n2CCOc2ccccc2)cc1OC. The lowest BCUT2D eigenvalue weighted by atomic mass is 10.2. The van der Waals surface area contributed by atoms with Gasteiger partial charge in [0.05, 0.1) is 31.8 Å². The molecule has 0 atom stereocenters. The number of benzene rings is 3. The van der Waals surface area contributed by atoms with Crippen LogP contribution in [0.4, 0.5) is 0 Å². The van der Waals surface area contributed by atoms with Crippen molar-refractivity contribution >= 4 is 16.9 Å². The van der Waals surface area contributed by atoms with Crippen molar-refractivity contribution in [2.24, 2.45) is 0 Å². The summed E-state index contributed by atoms with van der Waals surface area (Å²) in [6, 6.07) is 22.9. The topological polar surface area (TPSA) is 74.6 Å². The van der Waals surface area contributed by atoms with Crippen LogP contribution in [0.25, 0.3) is 11.0 Å². The third-order valence-corrected chi connectivity index (χ3v) is 5.34. The van der Waals surface area contributed by atoms with Crippen LogP contribution in [0.3, 0.4) is 0 Å². The number of hydrogen-bond donors (Lipinski definition) is 1. The van der Waals surface area contributed by atoms with E-state index in [1.807, 2.05) is 48.5 Å². The van der Waals surface area contributed by atoms with Crippen molar-refractivity contribution < 1.29 is 19.0 Å². The highest BCUT2D eigenvalue weighted by atomic mass is 16.5. The van der Waals surface area contributed by atoms with Crippen molar-refractivity contribution in [2.75, 3.05) is 27.4 Å². The maximum Gasteiger partial charge on any atom is 0.251 e. The first-order valence-electron chi connectivity index (χ1n) is 10.8. The first kappa shape index (κ1) is 22.2. The Kier molecular flexibility index (Phi) is 7.09. The van der Waals surface area contributed by atoms with Gasteiger partial charge in [-0.25, -0.2) is 4.98 Å². The Hall–Kier alpha value is -4.00. The summed E-state index contributed by atoms with van der Waals surface area (Å²) in [5.41, 5.74) is 2.49. The molecular weight excluding hydrogens is 418 g/mol. The monoisotopic (exact) mass is 445 g/mol. The van der Waals surface area contributed by atoms with E-state index in [2.05, 4.69) is 16.0 Å². The van der Waals surface area contributed by atoms with Crippen molar-refractivity contribution in [1.82, 2.24) is 14.9 Å². The fraction of sp³-hybridized carbons (Fsp3) is 0.231. The van der Waals surface area contributed by atoms with Crippen molar-refractivity contribution in [3.63, 3.8) is 0 Å². The van der Waals surface area contributed by atoms with E-state index in [9.17, 15) is 4.79 Å². The van der Waals surface area contributed by atoms with Gasteiger partial charge in [-0.2, -0.15) is 0 Å². The zero-order valence-corrected chi connectivity index (χ0v) is 18.8. The van der Waals surface area contributed by atoms with E-state index in [0.29, 0.717) is 43.2 Å². The molecule has 3 aromatic carbocycles. The quantitative estimate of drug-likeness (QED) is 0.398. The van der Waals surface area contributed by atoms with E-state index in [1.165, 1.54) is 0 Å². The van der Waals surface area contributed by atoms with E-state index in [-0.39, 0.29) is 5.91 Å². The lowest BCUT2D eigenvalue weighted by molar-refractivity contribution is 0.0953. The normalized spacial score (nSPS) is 10.7. The Balaban J connectivity index is 1.41. The summed E-state index contributed by atoms with van der Waals surface area (Å²) in [5, 5.41) is 2.97. The number of carbonyl (C=O) groups is 1. The number of para-hydroxylation sites is 3. The van der Waals surface area contributed by atoms with Crippen LogP contribution in [0.2, 0.25) is 0 Å². The van der Waals surface area contributed by atoms with E-state index >= 15 is 0 Å². The third kappa shape index (κ3) is 5.26. The molecule has 0 aliphatic carbocycles. The number of imidazole rings is 1. The molecule has 4 aromatic rings. The van der Waals surface area contributed by atoms with Crippen LogP contribution in [0.1, 0.15) is 16.2 Å². The number of carbonyl (C=O) groups excluding carboxylic acids is 1. The molecule has 7 heteroatoms. The number of ether oxygens (including phenoxy) is 3. The van der Waals surface area contributed by atoms with Crippen LogP contribution >= 0.6 is 0 Å². The second kappa shape index (κ2) is 10.5. The molecule has 1 amide bonds. The summed E-state index contributed by atoms with van der Waals surface area (Å²) in [5.74, 6) is 2.67. The molecule has 0 radical (unpaired) electrons. The molecule has 1 aromatic heterocycles. The van der Waals surface area contributed by atoms with Crippen LogP contribution in [-0.4, -0.2) is 42.8 Å². The average Bonchev–Trinajstić information content (AvgIpc) is 3.21. The highest BCUT2D eigenvalue weighted by Crippen LogP contribution is 2.27. The number of fused-ring (bicyclic) bond motifs is 1. The molecule has 0 bridgehead atoms. The Morgan fingerprint density at radius 2 is 1.70 bits per heavy atom. The van der Waals surface area contributed by atoms with Crippen LogP contribution in [0, 0.1) is 0 Å². The average molecular weight is 446 g/mol. The fourth-order valence-corrected chi connectivity index (χ4v) is 3.70. The number of methoxy groups -OCH3 is 2. The molecule has 170 valence electrons. The van der Waals surface area contributed by atoms with Gasteiger partial charge in [-0.05, 0) is 42.5 Å². The first-order valence-corrected chi connectivity index (χ1v) is 10.8. The lowest BCUT2D eigenvalue weighted by Gasteiger charge is -2.12. The highest BCUT2D eigenvalue weighted by Gasteiger charge is 2.13. The van der Waals surface area contributed by atoms with Gasteiger partial charge in [-0.1, -0.05) is 30.3 Å². The molecule has 7 nitrogen and oxygen atoms in total. The smallest absolute Gasteiger partial charge is 0.251 e. The predicted octanol–water partition coefficient (Wildman–Crippen LogP) is 4.11. The number of amides is 1. The van der Waals surface area contributed by atoms with Gasteiger partial charge in [0.15, 0.2) is 11.5 Å². The van der Waals surface area contributed by atoms with Crippen molar-refractivity contribution in [1.29, 1.82) is 0 Å². The molecular formula is C26H27N3O4. The number of hydrogen-bond acceptors (Lipinski definition) is 5. The molecule has 0 fully saturated rings. The van der Waals surface area contributed by atoms with Gasteiger partial charge in [0.1, 0.15) is 18.2 Å². The molecule has 33 heavy (non-hydrogen) atoms. The summed E-state index contributed by atoms with van der Waals surface area (Å²) >= 11 is 0. The molecule has 1 heterocycles. The minimum absolute atomic E-state index is 0.175.